The Morgan fingerprint density at radius 3 is 2.61 bits per heavy atom. The summed E-state index contributed by atoms with van der Waals surface area (Å²) in [4.78, 5) is 17.3. The summed E-state index contributed by atoms with van der Waals surface area (Å²) >= 11 is 4.70. The molecule has 3 N–H and O–H groups in total. The van der Waals surface area contributed by atoms with Gasteiger partial charge in [0.2, 0.25) is 0 Å². The molecule has 1 heterocycles. The van der Waals surface area contributed by atoms with Gasteiger partial charge in [-0.05, 0) is 36.5 Å². The second kappa shape index (κ2) is 6.37. The molecule has 0 saturated heterocycles. The summed E-state index contributed by atoms with van der Waals surface area (Å²) in [6, 6.07) is 16.4. The van der Waals surface area contributed by atoms with Gasteiger partial charge in [-0.25, -0.2) is 4.98 Å². The van der Waals surface area contributed by atoms with E-state index in [0.717, 1.165) is 0 Å². The van der Waals surface area contributed by atoms with Crippen molar-refractivity contribution < 1.29 is 0 Å². The van der Waals surface area contributed by atoms with E-state index in [0.29, 0.717) is 22.4 Å². The number of hydrogen-bond donors (Lipinski definition) is 2. The first-order valence-corrected chi connectivity index (χ1v) is 7.23. The molecule has 0 bridgehead atoms. The summed E-state index contributed by atoms with van der Waals surface area (Å²) in [6.07, 6.45) is 1.42. The number of benzene rings is 2. The predicted molar refractivity (Wildman–Crippen MR) is 94.9 cm³/mol. The van der Waals surface area contributed by atoms with Crippen LogP contribution in [0.15, 0.2) is 64.5 Å². The molecular weight excluding hydrogens is 310 g/mol. The van der Waals surface area contributed by atoms with Crippen LogP contribution >= 0.6 is 12.2 Å². The van der Waals surface area contributed by atoms with Crippen LogP contribution in [-0.4, -0.2) is 20.9 Å². The number of aromatic nitrogens is 2. The fourth-order valence-corrected chi connectivity index (χ4v) is 2.27. The Balaban J connectivity index is 2.26. The average Bonchev–Trinajstić information content (AvgIpc) is 2.55. The smallest absolute Gasteiger partial charge is 0.266 e. The van der Waals surface area contributed by atoms with Gasteiger partial charge in [0.15, 0.2) is 10.9 Å². The van der Waals surface area contributed by atoms with Gasteiger partial charge in [-0.1, -0.05) is 30.3 Å². The largest absolute Gasteiger partial charge is 0.375 e. The standard InChI is InChI=1S/C16H13N5OS/c17-16(23)20-18-10-14-19-13-9-5-4-8-12(13)15(22)21(14)11-6-2-1-3-7-11/h1-10H,(H3,17,20,23). The fraction of sp³-hybridized carbons (Fsp3) is 0. The zero-order valence-corrected chi connectivity index (χ0v) is 12.8. The molecule has 2 aromatic carbocycles. The molecule has 1 aromatic heterocycles. The van der Waals surface area contributed by atoms with Gasteiger partial charge < -0.3 is 5.73 Å². The number of fused-ring (bicyclic) bond motifs is 1. The highest BCUT2D eigenvalue weighted by Gasteiger charge is 2.10. The molecule has 0 saturated carbocycles. The molecule has 0 aliphatic heterocycles. The van der Waals surface area contributed by atoms with Gasteiger partial charge in [-0.15, -0.1) is 0 Å². The second-order valence-electron chi connectivity index (χ2n) is 4.70. The van der Waals surface area contributed by atoms with Crippen molar-refractivity contribution >= 4 is 34.4 Å². The molecule has 6 nitrogen and oxygen atoms in total. The topological polar surface area (TPSA) is 85.3 Å². The van der Waals surface area contributed by atoms with Gasteiger partial charge in [0, 0.05) is 0 Å². The minimum atomic E-state index is -0.168. The van der Waals surface area contributed by atoms with Crippen molar-refractivity contribution in [2.45, 2.75) is 0 Å². The predicted octanol–water partition coefficient (Wildman–Crippen LogP) is 1.55. The quantitative estimate of drug-likeness (QED) is 0.434. The number of rotatable bonds is 3. The fourth-order valence-electron chi connectivity index (χ4n) is 2.22. The van der Waals surface area contributed by atoms with E-state index in [4.69, 9.17) is 18.0 Å². The van der Waals surface area contributed by atoms with Gasteiger partial charge in [0.05, 0.1) is 22.8 Å². The van der Waals surface area contributed by atoms with Crippen LogP contribution < -0.4 is 16.7 Å². The molecule has 114 valence electrons. The Morgan fingerprint density at radius 2 is 1.87 bits per heavy atom. The van der Waals surface area contributed by atoms with Crippen molar-refractivity contribution in [2.24, 2.45) is 10.8 Å². The highest BCUT2D eigenvalue weighted by molar-refractivity contribution is 7.80. The van der Waals surface area contributed by atoms with E-state index in [-0.39, 0.29) is 10.7 Å². The first-order valence-electron chi connectivity index (χ1n) is 6.82. The maximum Gasteiger partial charge on any atom is 0.266 e. The number of nitrogens with one attached hydrogen (secondary N) is 1. The van der Waals surface area contributed by atoms with Crippen LogP contribution in [0, 0.1) is 0 Å². The Morgan fingerprint density at radius 1 is 1.17 bits per heavy atom. The number of thiocarbonyl (C=S) groups is 1. The Labute approximate surface area is 137 Å². The minimum absolute atomic E-state index is 0.0376. The molecular formula is C16H13N5OS. The Kier molecular flexibility index (Phi) is 4.11. The molecule has 3 rings (SSSR count). The lowest BCUT2D eigenvalue weighted by Crippen LogP contribution is -2.26. The van der Waals surface area contributed by atoms with Crippen molar-refractivity contribution in [3.05, 3.63) is 70.8 Å². The van der Waals surface area contributed by atoms with Crippen molar-refractivity contribution in [1.82, 2.24) is 15.0 Å². The van der Waals surface area contributed by atoms with Crippen LogP contribution in [0.3, 0.4) is 0 Å². The minimum Gasteiger partial charge on any atom is -0.375 e. The first kappa shape index (κ1) is 14.9. The number of nitrogens with two attached hydrogens (primary N) is 1. The van der Waals surface area contributed by atoms with Crippen LogP contribution in [0.2, 0.25) is 0 Å². The van der Waals surface area contributed by atoms with Gasteiger partial charge >= 0.3 is 0 Å². The van der Waals surface area contributed by atoms with Crippen molar-refractivity contribution in [1.29, 1.82) is 0 Å². The summed E-state index contributed by atoms with van der Waals surface area (Å²) < 4.78 is 1.49. The molecule has 23 heavy (non-hydrogen) atoms. The highest BCUT2D eigenvalue weighted by atomic mass is 32.1. The van der Waals surface area contributed by atoms with Crippen molar-refractivity contribution in [3.63, 3.8) is 0 Å². The van der Waals surface area contributed by atoms with Crippen LogP contribution in [0.25, 0.3) is 16.6 Å². The van der Waals surface area contributed by atoms with Crippen molar-refractivity contribution in [2.75, 3.05) is 0 Å². The normalized spacial score (nSPS) is 11.0. The molecule has 0 aliphatic carbocycles. The van der Waals surface area contributed by atoms with E-state index >= 15 is 0 Å². The summed E-state index contributed by atoms with van der Waals surface area (Å²) in [6.45, 7) is 0. The van der Waals surface area contributed by atoms with Gasteiger partial charge in [-0.2, -0.15) is 5.10 Å². The summed E-state index contributed by atoms with van der Waals surface area (Å²) in [5.41, 5.74) is 8.94. The maximum atomic E-state index is 12.8. The number of para-hydroxylation sites is 2. The Hall–Kier alpha value is -3.06. The number of nitrogens with zero attached hydrogens (tertiary/aromatic N) is 3. The molecule has 0 unspecified atom stereocenters. The van der Waals surface area contributed by atoms with Crippen LogP contribution in [0.5, 0.6) is 0 Å². The maximum absolute atomic E-state index is 12.8. The zero-order chi connectivity index (χ0) is 16.2. The van der Waals surface area contributed by atoms with Gasteiger partial charge in [0.1, 0.15) is 0 Å². The number of hydrazone groups is 1. The zero-order valence-electron chi connectivity index (χ0n) is 12.0. The Bertz CT molecular complexity index is 950. The van der Waals surface area contributed by atoms with Crippen LogP contribution in [-0.2, 0) is 0 Å². The van der Waals surface area contributed by atoms with E-state index < -0.39 is 0 Å². The van der Waals surface area contributed by atoms with Gasteiger partial charge in [-0.3, -0.25) is 14.8 Å². The monoisotopic (exact) mass is 323 g/mol. The lowest BCUT2D eigenvalue weighted by atomic mass is 10.2. The first-order chi connectivity index (χ1) is 11.2. The molecule has 0 atom stereocenters. The second-order valence-corrected chi connectivity index (χ2v) is 5.14. The van der Waals surface area contributed by atoms with E-state index in [1.165, 1.54) is 10.8 Å². The molecule has 3 aromatic rings. The molecule has 0 aliphatic rings. The third-order valence-electron chi connectivity index (χ3n) is 3.17. The molecule has 0 radical (unpaired) electrons. The molecule has 0 fully saturated rings. The molecule has 0 spiro atoms. The van der Waals surface area contributed by atoms with E-state index in [1.54, 1.807) is 12.1 Å². The summed E-state index contributed by atoms with van der Waals surface area (Å²) in [5.74, 6) is 0.378. The lowest BCUT2D eigenvalue weighted by Gasteiger charge is -2.10. The van der Waals surface area contributed by atoms with E-state index in [1.807, 2.05) is 42.5 Å². The average molecular weight is 323 g/mol. The summed E-state index contributed by atoms with van der Waals surface area (Å²) in [5, 5.41) is 4.49. The highest BCUT2D eigenvalue weighted by Crippen LogP contribution is 2.11. The molecule has 7 heteroatoms. The van der Waals surface area contributed by atoms with Gasteiger partial charge in [0.25, 0.3) is 5.56 Å². The molecule has 0 amide bonds. The van der Waals surface area contributed by atoms with E-state index in [9.17, 15) is 4.79 Å². The third kappa shape index (κ3) is 3.09. The summed E-state index contributed by atoms with van der Waals surface area (Å²) in [7, 11) is 0. The van der Waals surface area contributed by atoms with Crippen LogP contribution in [0.4, 0.5) is 0 Å². The lowest BCUT2D eigenvalue weighted by molar-refractivity contribution is 0.939. The van der Waals surface area contributed by atoms with Crippen LogP contribution in [0.1, 0.15) is 5.82 Å². The number of hydrogen-bond acceptors (Lipinski definition) is 4. The van der Waals surface area contributed by atoms with Crippen molar-refractivity contribution in [3.8, 4) is 5.69 Å². The third-order valence-corrected chi connectivity index (χ3v) is 3.26. The van der Waals surface area contributed by atoms with E-state index in [2.05, 4.69) is 15.5 Å². The SMILES string of the molecule is NC(=S)NN=Cc1nc2ccccc2c(=O)n1-c1ccccc1.